The summed E-state index contributed by atoms with van der Waals surface area (Å²) < 4.78 is 0. The summed E-state index contributed by atoms with van der Waals surface area (Å²) in [6, 6.07) is 6.07. The third kappa shape index (κ3) is 4.39. The third-order valence-corrected chi connectivity index (χ3v) is 2.98. The minimum Gasteiger partial charge on any atom is -0.329 e. The number of benzene rings is 1. The number of halogens is 2. The predicted molar refractivity (Wildman–Crippen MR) is 66.7 cm³/mol. The van der Waals surface area contributed by atoms with E-state index in [0.717, 1.165) is 13.0 Å². The van der Waals surface area contributed by atoms with Crippen LogP contribution in [0.5, 0.6) is 0 Å². The highest BCUT2D eigenvalue weighted by Gasteiger charge is 2.01. The van der Waals surface area contributed by atoms with Crippen molar-refractivity contribution in [2.24, 2.45) is 5.73 Å². The highest BCUT2D eigenvalue weighted by atomic mass is 35.5. The highest BCUT2D eigenvalue weighted by molar-refractivity contribution is 6.42. The first-order valence-corrected chi connectivity index (χ1v) is 5.76. The molecule has 1 unspecified atom stereocenters. The molecule has 0 aliphatic rings. The van der Waals surface area contributed by atoms with Crippen molar-refractivity contribution in [3.8, 4) is 0 Å². The van der Waals surface area contributed by atoms with E-state index in [1.54, 1.807) is 0 Å². The van der Waals surface area contributed by atoms with Crippen LogP contribution in [0.25, 0.3) is 0 Å². The van der Waals surface area contributed by atoms with Gasteiger partial charge >= 0.3 is 0 Å². The first kappa shape index (κ1) is 12.8. The van der Waals surface area contributed by atoms with Crippen molar-refractivity contribution in [2.75, 3.05) is 13.1 Å². The molecule has 0 aromatic heterocycles. The van der Waals surface area contributed by atoms with Gasteiger partial charge in [-0.2, -0.15) is 0 Å². The van der Waals surface area contributed by atoms with Crippen LogP contribution in [0.3, 0.4) is 0 Å². The summed E-state index contributed by atoms with van der Waals surface area (Å²) in [4.78, 5) is 0. The molecule has 1 aromatic carbocycles. The summed E-state index contributed by atoms with van der Waals surface area (Å²) in [7, 11) is 0. The van der Waals surface area contributed by atoms with Gasteiger partial charge in [-0.1, -0.05) is 29.3 Å². The number of rotatable bonds is 5. The van der Waals surface area contributed by atoms with Gasteiger partial charge in [-0.05, 0) is 37.6 Å². The van der Waals surface area contributed by atoms with Crippen LogP contribution in [0.2, 0.25) is 10.0 Å². The molecule has 3 N–H and O–H groups in total. The first-order chi connectivity index (χ1) is 7.13. The van der Waals surface area contributed by atoms with E-state index >= 15 is 0 Å². The molecule has 0 fully saturated rings. The second kappa shape index (κ2) is 6.33. The Balaban J connectivity index is 2.41. The Bertz CT molecular complexity index is 315. The van der Waals surface area contributed by atoms with Crippen molar-refractivity contribution in [1.82, 2.24) is 5.32 Å². The summed E-state index contributed by atoms with van der Waals surface area (Å²) in [5, 5.41) is 4.53. The zero-order valence-electron chi connectivity index (χ0n) is 8.76. The van der Waals surface area contributed by atoms with Crippen molar-refractivity contribution < 1.29 is 0 Å². The fourth-order valence-corrected chi connectivity index (χ4v) is 1.56. The maximum atomic E-state index is 5.91. The quantitative estimate of drug-likeness (QED) is 0.838. The predicted octanol–water partition coefficient (Wildman–Crippen LogP) is 2.47. The van der Waals surface area contributed by atoms with E-state index in [9.17, 15) is 0 Å². The van der Waals surface area contributed by atoms with E-state index in [1.165, 1.54) is 5.56 Å². The molecule has 0 saturated heterocycles. The molecule has 4 heteroatoms. The van der Waals surface area contributed by atoms with Crippen LogP contribution in [0.15, 0.2) is 18.2 Å². The smallest absolute Gasteiger partial charge is 0.0595 e. The van der Waals surface area contributed by atoms with Crippen molar-refractivity contribution in [3.05, 3.63) is 33.8 Å². The summed E-state index contributed by atoms with van der Waals surface area (Å²) in [5.41, 5.74) is 6.68. The Morgan fingerprint density at radius 1 is 1.33 bits per heavy atom. The minimum atomic E-state index is 0.354. The molecule has 0 spiro atoms. The van der Waals surface area contributed by atoms with Crippen LogP contribution in [-0.2, 0) is 6.42 Å². The number of hydrogen-bond acceptors (Lipinski definition) is 2. The standard InChI is InChI=1S/C11H16Cl2N2/c1-8(7-14)15-5-4-9-2-3-10(12)11(13)6-9/h2-3,6,8,15H,4-5,7,14H2,1H3. The third-order valence-electron chi connectivity index (χ3n) is 2.24. The van der Waals surface area contributed by atoms with Gasteiger partial charge in [0.1, 0.15) is 0 Å². The molecule has 0 heterocycles. The molecule has 1 atom stereocenters. The lowest BCUT2D eigenvalue weighted by Crippen LogP contribution is -2.34. The number of nitrogens with one attached hydrogen (secondary N) is 1. The molecule has 1 aromatic rings. The van der Waals surface area contributed by atoms with E-state index in [2.05, 4.69) is 12.2 Å². The Morgan fingerprint density at radius 3 is 2.67 bits per heavy atom. The normalized spacial score (nSPS) is 12.8. The van der Waals surface area contributed by atoms with E-state index in [4.69, 9.17) is 28.9 Å². The molecule has 0 aliphatic carbocycles. The van der Waals surface area contributed by atoms with Gasteiger partial charge in [-0.3, -0.25) is 0 Å². The van der Waals surface area contributed by atoms with E-state index in [1.807, 2.05) is 18.2 Å². The summed E-state index contributed by atoms with van der Waals surface area (Å²) in [6.07, 6.45) is 0.932. The maximum absolute atomic E-state index is 5.91. The molecule has 0 saturated carbocycles. The van der Waals surface area contributed by atoms with Gasteiger partial charge in [0.2, 0.25) is 0 Å². The largest absolute Gasteiger partial charge is 0.329 e. The summed E-state index contributed by atoms with van der Waals surface area (Å²) >= 11 is 11.7. The highest BCUT2D eigenvalue weighted by Crippen LogP contribution is 2.22. The Hall–Kier alpha value is -0.280. The topological polar surface area (TPSA) is 38.0 Å². The van der Waals surface area contributed by atoms with Crippen LogP contribution in [-0.4, -0.2) is 19.1 Å². The number of hydrogen-bond donors (Lipinski definition) is 2. The lowest BCUT2D eigenvalue weighted by atomic mass is 10.1. The van der Waals surface area contributed by atoms with Crippen LogP contribution < -0.4 is 11.1 Å². The molecular formula is C11H16Cl2N2. The maximum Gasteiger partial charge on any atom is 0.0595 e. The fraction of sp³-hybridized carbons (Fsp3) is 0.455. The summed E-state index contributed by atoms with van der Waals surface area (Å²) in [6.45, 7) is 3.62. The molecule has 0 amide bonds. The minimum absolute atomic E-state index is 0.354. The average molecular weight is 247 g/mol. The van der Waals surface area contributed by atoms with Gasteiger partial charge in [0, 0.05) is 12.6 Å². The van der Waals surface area contributed by atoms with Gasteiger partial charge in [0.05, 0.1) is 10.0 Å². The molecule has 1 rings (SSSR count). The second-order valence-electron chi connectivity index (χ2n) is 3.59. The molecule has 0 bridgehead atoms. The van der Waals surface area contributed by atoms with Crippen LogP contribution in [0.4, 0.5) is 0 Å². The zero-order chi connectivity index (χ0) is 11.3. The van der Waals surface area contributed by atoms with Crippen LogP contribution in [0, 0.1) is 0 Å². The van der Waals surface area contributed by atoms with Gasteiger partial charge in [0.15, 0.2) is 0 Å². The Morgan fingerprint density at radius 2 is 2.07 bits per heavy atom. The van der Waals surface area contributed by atoms with Crippen molar-refractivity contribution in [2.45, 2.75) is 19.4 Å². The number of nitrogens with two attached hydrogens (primary N) is 1. The van der Waals surface area contributed by atoms with Gasteiger partial charge in [-0.15, -0.1) is 0 Å². The molecule has 0 aliphatic heterocycles. The monoisotopic (exact) mass is 246 g/mol. The molecular weight excluding hydrogens is 231 g/mol. The van der Waals surface area contributed by atoms with Gasteiger partial charge in [-0.25, -0.2) is 0 Å². The Labute approximate surface area is 101 Å². The molecule has 15 heavy (non-hydrogen) atoms. The van der Waals surface area contributed by atoms with Crippen LogP contribution in [0.1, 0.15) is 12.5 Å². The Kier molecular flexibility index (Phi) is 5.40. The molecule has 2 nitrogen and oxygen atoms in total. The van der Waals surface area contributed by atoms with Crippen molar-refractivity contribution in [1.29, 1.82) is 0 Å². The molecule has 0 radical (unpaired) electrons. The molecule has 84 valence electrons. The first-order valence-electron chi connectivity index (χ1n) is 5.01. The van der Waals surface area contributed by atoms with Gasteiger partial charge in [0.25, 0.3) is 0 Å². The van der Waals surface area contributed by atoms with Crippen LogP contribution >= 0.6 is 23.2 Å². The SMILES string of the molecule is CC(CN)NCCc1ccc(Cl)c(Cl)c1. The van der Waals surface area contributed by atoms with Gasteiger partial charge < -0.3 is 11.1 Å². The second-order valence-corrected chi connectivity index (χ2v) is 4.40. The van der Waals surface area contributed by atoms with Crippen molar-refractivity contribution in [3.63, 3.8) is 0 Å². The van der Waals surface area contributed by atoms with E-state index < -0.39 is 0 Å². The fourth-order valence-electron chi connectivity index (χ4n) is 1.24. The average Bonchev–Trinajstić information content (AvgIpc) is 2.23. The van der Waals surface area contributed by atoms with E-state index in [0.29, 0.717) is 22.6 Å². The zero-order valence-corrected chi connectivity index (χ0v) is 10.3. The lowest BCUT2D eigenvalue weighted by Gasteiger charge is -2.11. The lowest BCUT2D eigenvalue weighted by molar-refractivity contribution is 0.559. The van der Waals surface area contributed by atoms with Crippen molar-refractivity contribution >= 4 is 23.2 Å². The van der Waals surface area contributed by atoms with E-state index in [-0.39, 0.29) is 0 Å². The summed E-state index contributed by atoms with van der Waals surface area (Å²) in [5.74, 6) is 0.